The van der Waals surface area contributed by atoms with Crippen LogP contribution in [-0.2, 0) is 31.6 Å². The number of nitrogens with zero attached hydrogens (tertiary/aromatic N) is 3. The van der Waals surface area contributed by atoms with Crippen molar-refractivity contribution in [3.8, 4) is 0 Å². The van der Waals surface area contributed by atoms with Crippen molar-refractivity contribution in [1.82, 2.24) is 19.4 Å². The largest absolute Gasteiger partial charge is 0.338 e. The van der Waals surface area contributed by atoms with Crippen molar-refractivity contribution in [1.29, 1.82) is 0 Å². The van der Waals surface area contributed by atoms with Crippen molar-refractivity contribution in [2.24, 2.45) is 0 Å². The second-order valence-electron chi connectivity index (χ2n) is 9.41. The molecule has 1 spiro atoms. The number of fused-ring (bicyclic) bond motifs is 2. The SMILES string of the molecule is Cc1ccc(S(=O)(=O)N2CCN(C(=O)CN3C(=O)NC4(CCc5ccccc54)C3=O)CC2)cc1C. The molecule has 1 atom stereocenters. The van der Waals surface area contributed by atoms with Crippen molar-refractivity contribution in [3.63, 3.8) is 0 Å². The number of amides is 4. The number of carbonyl (C=O) groups is 3. The van der Waals surface area contributed by atoms with Crippen LogP contribution in [0.2, 0.25) is 0 Å². The van der Waals surface area contributed by atoms with Crippen LogP contribution in [0.15, 0.2) is 47.4 Å². The quantitative estimate of drug-likeness (QED) is 0.646. The van der Waals surface area contributed by atoms with Gasteiger partial charge < -0.3 is 10.2 Å². The van der Waals surface area contributed by atoms with Gasteiger partial charge in [0, 0.05) is 26.2 Å². The summed E-state index contributed by atoms with van der Waals surface area (Å²) in [7, 11) is -3.67. The molecule has 184 valence electrons. The Morgan fingerprint density at radius 3 is 2.43 bits per heavy atom. The second-order valence-corrected chi connectivity index (χ2v) is 11.4. The summed E-state index contributed by atoms with van der Waals surface area (Å²) < 4.78 is 27.5. The predicted molar refractivity (Wildman–Crippen MR) is 128 cm³/mol. The Labute approximate surface area is 204 Å². The molecular formula is C25H28N4O5S. The molecule has 35 heavy (non-hydrogen) atoms. The van der Waals surface area contributed by atoms with E-state index in [1.54, 1.807) is 18.2 Å². The zero-order valence-corrected chi connectivity index (χ0v) is 20.6. The van der Waals surface area contributed by atoms with Gasteiger partial charge in [0.15, 0.2) is 0 Å². The number of hydrogen-bond donors (Lipinski definition) is 1. The zero-order valence-electron chi connectivity index (χ0n) is 19.8. The summed E-state index contributed by atoms with van der Waals surface area (Å²) in [5.74, 6) is -0.781. The molecule has 0 saturated carbocycles. The van der Waals surface area contributed by atoms with E-state index in [0.29, 0.717) is 12.8 Å². The van der Waals surface area contributed by atoms with Crippen LogP contribution in [0.25, 0.3) is 0 Å². The van der Waals surface area contributed by atoms with Crippen LogP contribution in [0.3, 0.4) is 0 Å². The van der Waals surface area contributed by atoms with Crippen molar-refractivity contribution in [3.05, 3.63) is 64.7 Å². The summed E-state index contributed by atoms with van der Waals surface area (Å²) in [6, 6.07) is 12.0. The predicted octanol–water partition coefficient (Wildman–Crippen LogP) is 1.53. The van der Waals surface area contributed by atoms with Crippen LogP contribution in [0.5, 0.6) is 0 Å². The van der Waals surface area contributed by atoms with E-state index in [2.05, 4.69) is 5.32 Å². The van der Waals surface area contributed by atoms with Crippen LogP contribution in [0, 0.1) is 13.8 Å². The van der Waals surface area contributed by atoms with Gasteiger partial charge in [-0.1, -0.05) is 30.3 Å². The Balaban J connectivity index is 1.24. The molecule has 4 amide bonds. The molecule has 1 unspecified atom stereocenters. The van der Waals surface area contributed by atoms with E-state index in [9.17, 15) is 22.8 Å². The van der Waals surface area contributed by atoms with Gasteiger partial charge in [-0.25, -0.2) is 13.2 Å². The molecule has 5 rings (SSSR count). The van der Waals surface area contributed by atoms with Crippen molar-refractivity contribution >= 4 is 27.9 Å². The van der Waals surface area contributed by atoms with E-state index < -0.39 is 27.5 Å². The monoisotopic (exact) mass is 496 g/mol. The Hall–Kier alpha value is -3.24. The second kappa shape index (κ2) is 8.46. The highest BCUT2D eigenvalue weighted by Crippen LogP contribution is 2.41. The van der Waals surface area contributed by atoms with Crippen LogP contribution in [0.1, 0.15) is 28.7 Å². The number of benzene rings is 2. The molecule has 2 aromatic rings. The fourth-order valence-corrected chi connectivity index (χ4v) is 6.68. The molecule has 10 heteroatoms. The fraction of sp³-hybridized carbons (Fsp3) is 0.400. The number of nitrogens with one attached hydrogen (secondary N) is 1. The molecule has 0 bridgehead atoms. The van der Waals surface area contributed by atoms with E-state index in [4.69, 9.17) is 0 Å². The maximum absolute atomic E-state index is 13.3. The first-order valence-corrected chi connectivity index (χ1v) is 13.2. The number of urea groups is 1. The highest BCUT2D eigenvalue weighted by atomic mass is 32.2. The van der Waals surface area contributed by atoms with Crippen LogP contribution >= 0.6 is 0 Å². The Kier molecular flexibility index (Phi) is 5.68. The van der Waals surface area contributed by atoms with Crippen LogP contribution in [0.4, 0.5) is 4.79 Å². The molecule has 2 saturated heterocycles. The maximum atomic E-state index is 13.3. The Morgan fingerprint density at radius 1 is 1.00 bits per heavy atom. The number of rotatable bonds is 4. The fourth-order valence-electron chi connectivity index (χ4n) is 5.17. The third-order valence-electron chi connectivity index (χ3n) is 7.42. The van der Waals surface area contributed by atoms with Crippen molar-refractivity contribution in [2.45, 2.75) is 37.1 Å². The average molecular weight is 497 g/mol. The number of aryl methyl sites for hydroxylation is 3. The summed E-state index contributed by atoms with van der Waals surface area (Å²) in [5.41, 5.74) is 2.63. The summed E-state index contributed by atoms with van der Waals surface area (Å²) in [4.78, 5) is 41.7. The van der Waals surface area contributed by atoms with Crippen LogP contribution < -0.4 is 5.32 Å². The lowest BCUT2D eigenvalue weighted by Crippen LogP contribution is -2.53. The van der Waals surface area contributed by atoms with E-state index >= 15 is 0 Å². The van der Waals surface area contributed by atoms with E-state index in [0.717, 1.165) is 27.2 Å². The molecular weight excluding hydrogens is 468 g/mol. The van der Waals surface area contributed by atoms with Crippen LogP contribution in [-0.4, -0.2) is 73.1 Å². The van der Waals surface area contributed by atoms with Gasteiger partial charge in [0.05, 0.1) is 4.90 Å². The lowest BCUT2D eigenvalue weighted by Gasteiger charge is -2.34. The molecule has 0 aromatic heterocycles. The number of imide groups is 1. The van der Waals surface area contributed by atoms with Gasteiger partial charge in [-0.05, 0) is 61.1 Å². The number of hydrogen-bond acceptors (Lipinski definition) is 5. The first-order chi connectivity index (χ1) is 16.6. The normalized spacial score (nSPS) is 22.6. The Bertz CT molecular complexity index is 1330. The first kappa shape index (κ1) is 23.5. The number of sulfonamides is 1. The van der Waals surface area contributed by atoms with Gasteiger partial charge in [0.2, 0.25) is 15.9 Å². The third kappa shape index (κ3) is 3.81. The molecule has 1 aliphatic carbocycles. The third-order valence-corrected chi connectivity index (χ3v) is 9.32. The summed E-state index contributed by atoms with van der Waals surface area (Å²) in [5, 5.41) is 2.83. The molecule has 0 radical (unpaired) electrons. The molecule has 2 heterocycles. The van der Waals surface area contributed by atoms with Gasteiger partial charge in [0.25, 0.3) is 5.91 Å². The summed E-state index contributed by atoms with van der Waals surface area (Å²) in [6.07, 6.45) is 1.15. The smallest absolute Gasteiger partial charge is 0.325 e. The number of carbonyl (C=O) groups excluding carboxylic acids is 3. The highest BCUT2D eigenvalue weighted by molar-refractivity contribution is 7.89. The lowest BCUT2D eigenvalue weighted by atomic mass is 9.92. The topological polar surface area (TPSA) is 107 Å². The standard InChI is InChI=1S/C25H28N4O5S/c1-17-7-8-20(15-18(17)2)35(33,34)28-13-11-27(12-14-28)22(30)16-29-23(31)25(26-24(29)32)10-9-19-5-3-4-6-21(19)25/h3-8,15H,9-14,16H2,1-2H3,(H,26,32). The minimum absolute atomic E-state index is 0.151. The molecule has 9 nitrogen and oxygen atoms in total. The maximum Gasteiger partial charge on any atom is 0.325 e. The molecule has 2 fully saturated rings. The average Bonchev–Trinajstić information content (AvgIpc) is 3.33. The minimum Gasteiger partial charge on any atom is -0.338 e. The highest BCUT2D eigenvalue weighted by Gasteiger charge is 2.55. The van der Waals surface area contributed by atoms with E-state index in [1.807, 2.05) is 38.1 Å². The summed E-state index contributed by atoms with van der Waals surface area (Å²) in [6.45, 7) is 4.13. The molecule has 2 aromatic carbocycles. The lowest BCUT2D eigenvalue weighted by molar-refractivity contribution is -0.139. The summed E-state index contributed by atoms with van der Waals surface area (Å²) >= 11 is 0. The van der Waals surface area contributed by atoms with Gasteiger partial charge in [-0.3, -0.25) is 14.5 Å². The van der Waals surface area contributed by atoms with Crippen molar-refractivity contribution < 1.29 is 22.8 Å². The molecule has 2 aliphatic heterocycles. The van der Waals surface area contributed by atoms with Gasteiger partial charge in [-0.2, -0.15) is 4.31 Å². The Morgan fingerprint density at radius 2 is 1.71 bits per heavy atom. The first-order valence-electron chi connectivity index (χ1n) is 11.7. The zero-order chi connectivity index (χ0) is 25.0. The van der Waals surface area contributed by atoms with E-state index in [1.165, 1.54) is 9.21 Å². The van der Waals surface area contributed by atoms with Gasteiger partial charge in [0.1, 0.15) is 12.1 Å². The minimum atomic E-state index is -3.67. The number of piperazine rings is 1. The van der Waals surface area contributed by atoms with Gasteiger partial charge >= 0.3 is 6.03 Å². The van der Waals surface area contributed by atoms with Crippen molar-refractivity contribution in [2.75, 3.05) is 32.7 Å². The van der Waals surface area contributed by atoms with Gasteiger partial charge in [-0.15, -0.1) is 0 Å². The molecule has 3 aliphatic rings. The molecule has 1 N–H and O–H groups in total. The van der Waals surface area contributed by atoms with E-state index in [-0.39, 0.29) is 43.5 Å².